The van der Waals surface area contributed by atoms with E-state index >= 15 is 0 Å². The summed E-state index contributed by atoms with van der Waals surface area (Å²) in [4.78, 5) is 26.3. The van der Waals surface area contributed by atoms with E-state index in [9.17, 15) is 9.59 Å². The lowest BCUT2D eigenvalue weighted by molar-refractivity contribution is -0.131. The van der Waals surface area contributed by atoms with Crippen molar-refractivity contribution in [3.63, 3.8) is 0 Å². The van der Waals surface area contributed by atoms with Crippen molar-refractivity contribution in [1.29, 1.82) is 0 Å². The number of rotatable bonds is 5. The zero-order valence-corrected chi connectivity index (χ0v) is 16.8. The van der Waals surface area contributed by atoms with Crippen LogP contribution in [0.25, 0.3) is 0 Å². The quantitative estimate of drug-likeness (QED) is 0.786. The van der Waals surface area contributed by atoms with Gasteiger partial charge in [0.05, 0.1) is 0 Å². The van der Waals surface area contributed by atoms with Gasteiger partial charge >= 0.3 is 0 Å². The summed E-state index contributed by atoms with van der Waals surface area (Å²) in [5, 5.41) is 3.10. The summed E-state index contributed by atoms with van der Waals surface area (Å²) in [7, 11) is 0. The smallest absolute Gasteiger partial charge is 0.266 e. The van der Waals surface area contributed by atoms with E-state index in [1.807, 2.05) is 59.5 Å². The number of hydrogen-bond acceptors (Lipinski definition) is 3. The number of benzene rings is 2. The van der Waals surface area contributed by atoms with Crippen LogP contribution < -0.4 is 10.1 Å². The van der Waals surface area contributed by atoms with Crippen molar-refractivity contribution in [1.82, 2.24) is 10.2 Å². The minimum absolute atomic E-state index is 0.0489. The van der Waals surface area contributed by atoms with Gasteiger partial charge in [0.25, 0.3) is 5.91 Å². The largest absolute Gasteiger partial charge is 0.476 e. The average Bonchev–Trinajstić information content (AvgIpc) is 2.68. The van der Waals surface area contributed by atoms with Crippen molar-refractivity contribution >= 4 is 27.7 Å². The van der Waals surface area contributed by atoms with Crippen LogP contribution in [-0.4, -0.2) is 35.8 Å². The molecule has 6 heteroatoms. The maximum Gasteiger partial charge on any atom is 0.266 e. The standard InChI is InChI=1S/C21H23BrN2O3/c1-15(25)24-13-11-18(12-14-24)23-21(26)20(16-5-3-2-4-6-16)27-19-9-7-17(22)8-10-19/h2-10,18,20H,11-14H2,1H3,(H,23,26). The van der Waals surface area contributed by atoms with E-state index in [0.717, 1.165) is 22.9 Å². The van der Waals surface area contributed by atoms with Crippen LogP contribution in [0.5, 0.6) is 5.75 Å². The molecule has 1 heterocycles. The van der Waals surface area contributed by atoms with Crippen molar-refractivity contribution in [3.8, 4) is 5.75 Å². The molecule has 0 aromatic heterocycles. The lowest BCUT2D eigenvalue weighted by atomic mass is 10.0. The van der Waals surface area contributed by atoms with E-state index < -0.39 is 6.10 Å². The number of hydrogen-bond donors (Lipinski definition) is 1. The van der Waals surface area contributed by atoms with Crippen LogP contribution in [-0.2, 0) is 9.59 Å². The molecule has 2 aromatic carbocycles. The number of nitrogens with zero attached hydrogens (tertiary/aromatic N) is 1. The molecule has 3 rings (SSSR count). The number of halogens is 1. The van der Waals surface area contributed by atoms with Crippen LogP contribution in [0.15, 0.2) is 59.1 Å². The summed E-state index contributed by atoms with van der Waals surface area (Å²) >= 11 is 3.40. The molecule has 0 spiro atoms. The van der Waals surface area contributed by atoms with Gasteiger partial charge in [-0.25, -0.2) is 0 Å². The minimum atomic E-state index is -0.724. The molecule has 1 N–H and O–H groups in total. The van der Waals surface area contributed by atoms with Crippen molar-refractivity contribution in [2.45, 2.75) is 31.9 Å². The predicted octanol–water partition coefficient (Wildman–Crippen LogP) is 3.70. The van der Waals surface area contributed by atoms with Crippen molar-refractivity contribution in [3.05, 3.63) is 64.6 Å². The molecule has 0 bridgehead atoms. The van der Waals surface area contributed by atoms with Crippen LogP contribution in [0.4, 0.5) is 0 Å². The van der Waals surface area contributed by atoms with Crippen LogP contribution >= 0.6 is 15.9 Å². The first-order valence-electron chi connectivity index (χ1n) is 9.06. The number of carbonyl (C=O) groups is 2. The third kappa shape index (κ3) is 5.32. The summed E-state index contributed by atoms with van der Waals surface area (Å²) < 4.78 is 6.97. The molecular weight excluding hydrogens is 408 g/mol. The van der Waals surface area contributed by atoms with E-state index in [1.54, 1.807) is 6.92 Å². The highest BCUT2D eigenvalue weighted by Crippen LogP contribution is 2.24. The van der Waals surface area contributed by atoms with E-state index in [-0.39, 0.29) is 17.9 Å². The Morgan fingerprint density at radius 2 is 1.70 bits per heavy atom. The SMILES string of the molecule is CC(=O)N1CCC(NC(=O)C(Oc2ccc(Br)cc2)c2ccccc2)CC1. The highest BCUT2D eigenvalue weighted by Gasteiger charge is 2.27. The molecule has 0 radical (unpaired) electrons. The molecule has 2 amide bonds. The first-order valence-corrected chi connectivity index (χ1v) is 9.85. The number of ether oxygens (including phenoxy) is 1. The van der Waals surface area contributed by atoms with Gasteiger partial charge in [-0.2, -0.15) is 0 Å². The Labute approximate surface area is 167 Å². The second-order valence-electron chi connectivity index (χ2n) is 6.65. The van der Waals surface area contributed by atoms with Gasteiger partial charge in [0.2, 0.25) is 12.0 Å². The number of carbonyl (C=O) groups excluding carboxylic acids is 2. The zero-order chi connectivity index (χ0) is 19.2. The molecule has 0 aliphatic carbocycles. The van der Waals surface area contributed by atoms with Gasteiger partial charge in [0.1, 0.15) is 5.75 Å². The predicted molar refractivity (Wildman–Crippen MR) is 107 cm³/mol. The second-order valence-corrected chi connectivity index (χ2v) is 7.57. The maximum atomic E-state index is 13.0. The molecule has 2 aromatic rings. The zero-order valence-electron chi connectivity index (χ0n) is 15.2. The summed E-state index contributed by atoms with van der Waals surface area (Å²) in [6.45, 7) is 2.92. The summed E-state index contributed by atoms with van der Waals surface area (Å²) in [6, 6.07) is 17.0. The highest BCUT2D eigenvalue weighted by molar-refractivity contribution is 9.10. The van der Waals surface area contributed by atoms with Gasteiger partial charge in [-0.05, 0) is 37.1 Å². The van der Waals surface area contributed by atoms with Gasteiger partial charge in [0.15, 0.2) is 0 Å². The van der Waals surface area contributed by atoms with E-state index in [2.05, 4.69) is 21.2 Å². The third-order valence-electron chi connectivity index (χ3n) is 4.69. The van der Waals surface area contributed by atoms with Gasteiger partial charge < -0.3 is 15.0 Å². The van der Waals surface area contributed by atoms with Crippen molar-refractivity contribution < 1.29 is 14.3 Å². The molecule has 142 valence electrons. The lowest BCUT2D eigenvalue weighted by Crippen LogP contribution is -2.47. The lowest BCUT2D eigenvalue weighted by Gasteiger charge is -2.32. The molecule has 1 aliphatic rings. The fourth-order valence-electron chi connectivity index (χ4n) is 3.17. The number of likely N-dealkylation sites (tertiary alicyclic amines) is 1. The minimum Gasteiger partial charge on any atom is -0.476 e. The molecule has 5 nitrogen and oxygen atoms in total. The fourth-order valence-corrected chi connectivity index (χ4v) is 3.43. The average molecular weight is 431 g/mol. The van der Waals surface area contributed by atoms with Crippen LogP contribution in [0.1, 0.15) is 31.4 Å². The van der Waals surface area contributed by atoms with Crippen LogP contribution in [0.3, 0.4) is 0 Å². The Hall–Kier alpha value is -2.34. The van der Waals surface area contributed by atoms with Gasteiger partial charge in [0, 0.05) is 36.1 Å². The molecule has 0 saturated carbocycles. The Bertz CT molecular complexity index is 772. The Morgan fingerprint density at radius 3 is 2.30 bits per heavy atom. The van der Waals surface area contributed by atoms with Gasteiger partial charge in [-0.15, -0.1) is 0 Å². The summed E-state index contributed by atoms with van der Waals surface area (Å²) in [5.74, 6) is 0.555. The molecular formula is C21H23BrN2O3. The van der Waals surface area contributed by atoms with E-state index in [0.29, 0.717) is 18.8 Å². The van der Waals surface area contributed by atoms with Gasteiger partial charge in [-0.1, -0.05) is 46.3 Å². The molecule has 1 fully saturated rings. The fraction of sp³-hybridized carbons (Fsp3) is 0.333. The third-order valence-corrected chi connectivity index (χ3v) is 5.22. The maximum absolute atomic E-state index is 13.0. The van der Waals surface area contributed by atoms with Crippen molar-refractivity contribution in [2.24, 2.45) is 0 Å². The van der Waals surface area contributed by atoms with Gasteiger partial charge in [-0.3, -0.25) is 9.59 Å². The van der Waals surface area contributed by atoms with Crippen LogP contribution in [0, 0.1) is 0 Å². The Balaban J connectivity index is 1.69. The summed E-state index contributed by atoms with van der Waals surface area (Å²) in [6.07, 6.45) is 0.786. The number of piperidine rings is 1. The second kappa shape index (κ2) is 9.04. The molecule has 1 atom stereocenters. The highest BCUT2D eigenvalue weighted by atomic mass is 79.9. The van der Waals surface area contributed by atoms with Crippen LogP contribution in [0.2, 0.25) is 0 Å². The van der Waals surface area contributed by atoms with E-state index in [1.165, 1.54) is 0 Å². The first-order chi connectivity index (χ1) is 13.0. The number of nitrogens with one attached hydrogen (secondary N) is 1. The van der Waals surface area contributed by atoms with Crippen molar-refractivity contribution in [2.75, 3.05) is 13.1 Å². The molecule has 1 saturated heterocycles. The Kier molecular flexibility index (Phi) is 6.50. The molecule has 1 unspecified atom stereocenters. The summed E-state index contributed by atoms with van der Waals surface area (Å²) in [5.41, 5.74) is 0.805. The number of amides is 2. The molecule has 27 heavy (non-hydrogen) atoms. The van der Waals surface area contributed by atoms with E-state index in [4.69, 9.17) is 4.74 Å². The Morgan fingerprint density at radius 1 is 1.07 bits per heavy atom. The monoisotopic (exact) mass is 430 g/mol. The first kappa shape index (κ1) is 19.4. The molecule has 1 aliphatic heterocycles. The topological polar surface area (TPSA) is 58.6 Å². The normalized spacial score (nSPS) is 15.9.